The Bertz CT molecular complexity index is 1360. The van der Waals surface area contributed by atoms with E-state index in [4.69, 9.17) is 9.15 Å². The van der Waals surface area contributed by atoms with Crippen LogP contribution in [-0.4, -0.2) is 49.6 Å². The van der Waals surface area contributed by atoms with Crippen LogP contribution in [0.2, 0.25) is 0 Å². The lowest BCUT2D eigenvalue weighted by Gasteiger charge is -2.32. The molecule has 2 amide bonds. The van der Waals surface area contributed by atoms with Crippen molar-refractivity contribution in [1.82, 2.24) is 30.4 Å². The number of carbonyl (C=O) groups excluding carboxylic acids is 2. The third kappa shape index (κ3) is 6.64. The summed E-state index contributed by atoms with van der Waals surface area (Å²) in [6.07, 6.45) is 1.48. The number of nitrogens with zero attached hydrogens (tertiary/aromatic N) is 5. The molecule has 198 valence electrons. The van der Waals surface area contributed by atoms with Gasteiger partial charge in [0.1, 0.15) is 18.1 Å². The van der Waals surface area contributed by atoms with Crippen molar-refractivity contribution in [2.45, 2.75) is 52.4 Å². The summed E-state index contributed by atoms with van der Waals surface area (Å²) in [6.45, 7) is 7.57. The van der Waals surface area contributed by atoms with Crippen LogP contribution in [0.4, 0.5) is 0 Å². The summed E-state index contributed by atoms with van der Waals surface area (Å²) in [5, 5.41) is 15.6. The van der Waals surface area contributed by atoms with Crippen molar-refractivity contribution in [3.8, 4) is 17.1 Å². The summed E-state index contributed by atoms with van der Waals surface area (Å²) in [5.74, 6) is 0.712. The van der Waals surface area contributed by atoms with Crippen LogP contribution in [0.3, 0.4) is 0 Å². The zero-order valence-electron chi connectivity index (χ0n) is 22.2. The highest BCUT2D eigenvalue weighted by Gasteiger charge is 2.35. The van der Waals surface area contributed by atoms with E-state index >= 15 is 0 Å². The van der Waals surface area contributed by atoms with Gasteiger partial charge < -0.3 is 19.4 Å². The number of ether oxygens (including phenoxy) is 1. The van der Waals surface area contributed by atoms with Gasteiger partial charge in [0.25, 0.3) is 5.91 Å². The highest BCUT2D eigenvalue weighted by molar-refractivity contribution is 5.88. The molecule has 1 atom stereocenters. The molecular weight excluding hydrogens is 484 g/mol. The van der Waals surface area contributed by atoms with Crippen molar-refractivity contribution in [1.29, 1.82) is 0 Å². The summed E-state index contributed by atoms with van der Waals surface area (Å²) in [6, 6.07) is 17.4. The van der Waals surface area contributed by atoms with Gasteiger partial charge in [-0.25, -0.2) is 0 Å². The van der Waals surface area contributed by atoms with Crippen LogP contribution in [0.15, 0.2) is 71.3 Å². The molecular formula is C28H32N6O4. The largest absolute Gasteiger partial charge is 0.497 e. The summed E-state index contributed by atoms with van der Waals surface area (Å²) in [7, 11) is 1.59. The van der Waals surface area contributed by atoms with Crippen molar-refractivity contribution in [2.24, 2.45) is 0 Å². The van der Waals surface area contributed by atoms with Gasteiger partial charge in [0.2, 0.25) is 11.7 Å². The van der Waals surface area contributed by atoms with E-state index in [2.05, 4.69) is 20.7 Å². The first-order valence-corrected chi connectivity index (χ1v) is 12.3. The van der Waals surface area contributed by atoms with E-state index in [-0.39, 0.29) is 24.9 Å². The number of benzene rings is 2. The molecule has 0 radical (unpaired) electrons. The molecule has 0 aliphatic heterocycles. The number of aryl methyl sites for hydroxylation is 1. The van der Waals surface area contributed by atoms with E-state index in [1.165, 1.54) is 16.0 Å². The molecule has 0 bridgehead atoms. The van der Waals surface area contributed by atoms with Crippen LogP contribution in [-0.2, 0) is 22.7 Å². The Morgan fingerprint density at radius 1 is 1.08 bits per heavy atom. The molecule has 2 aromatic heterocycles. The lowest BCUT2D eigenvalue weighted by molar-refractivity contribution is -0.143. The molecule has 38 heavy (non-hydrogen) atoms. The molecule has 10 heteroatoms. The van der Waals surface area contributed by atoms with Crippen molar-refractivity contribution >= 4 is 11.8 Å². The zero-order valence-corrected chi connectivity index (χ0v) is 22.2. The topological polar surface area (TPSA) is 115 Å². The van der Waals surface area contributed by atoms with Crippen LogP contribution in [0, 0.1) is 6.92 Å². The van der Waals surface area contributed by atoms with E-state index in [1.807, 2.05) is 76.2 Å². The monoisotopic (exact) mass is 516 g/mol. The van der Waals surface area contributed by atoms with Gasteiger partial charge in [-0.05, 0) is 62.7 Å². The maximum absolute atomic E-state index is 13.8. The van der Waals surface area contributed by atoms with E-state index in [0.717, 1.165) is 16.7 Å². The van der Waals surface area contributed by atoms with E-state index in [9.17, 15) is 9.59 Å². The molecule has 10 nitrogen and oxygen atoms in total. The maximum Gasteiger partial charge on any atom is 0.251 e. The zero-order chi connectivity index (χ0) is 27.3. The maximum atomic E-state index is 13.8. The van der Waals surface area contributed by atoms with Crippen molar-refractivity contribution in [3.63, 3.8) is 0 Å². The minimum Gasteiger partial charge on any atom is -0.497 e. The third-order valence-electron chi connectivity index (χ3n) is 5.74. The molecule has 2 aromatic carbocycles. The van der Waals surface area contributed by atoms with Crippen molar-refractivity contribution < 1.29 is 18.7 Å². The quantitative estimate of drug-likeness (QED) is 0.358. The SMILES string of the molecule is COc1ccc(CN(C(=O)Cn2nnc(-c3ccc(C)cc3)n2)[C@@H](C(=O)NC(C)(C)C)c2ccco2)cc1. The first kappa shape index (κ1) is 26.6. The molecule has 0 saturated heterocycles. The number of furan rings is 1. The molecule has 0 fully saturated rings. The molecule has 1 N–H and O–H groups in total. The molecule has 2 heterocycles. The summed E-state index contributed by atoms with van der Waals surface area (Å²) in [4.78, 5) is 30.0. The second-order valence-electron chi connectivity index (χ2n) is 10.0. The van der Waals surface area contributed by atoms with E-state index in [1.54, 1.807) is 19.2 Å². The minimum absolute atomic E-state index is 0.144. The van der Waals surface area contributed by atoms with E-state index in [0.29, 0.717) is 17.3 Å². The Balaban J connectivity index is 1.65. The van der Waals surface area contributed by atoms with E-state index < -0.39 is 11.6 Å². The standard InChI is InChI=1S/C28H32N6O4/c1-19-8-12-21(13-9-19)26-30-32-34(31-26)18-24(35)33(17-20-10-14-22(37-5)15-11-20)25(23-7-6-16-38-23)27(36)29-28(2,3)4/h6-16,25H,17-18H2,1-5H3,(H,29,36)/t25-/m1/s1. The Hall–Kier alpha value is -4.47. The van der Waals surface area contributed by atoms with Gasteiger partial charge in [-0.1, -0.05) is 42.0 Å². The van der Waals surface area contributed by atoms with Gasteiger partial charge in [-0.3, -0.25) is 9.59 Å². The number of carbonyl (C=O) groups is 2. The van der Waals surface area contributed by atoms with Crippen LogP contribution >= 0.6 is 0 Å². The molecule has 0 aliphatic carbocycles. The second kappa shape index (κ2) is 11.3. The van der Waals surface area contributed by atoms with Crippen LogP contribution in [0.1, 0.15) is 43.7 Å². The van der Waals surface area contributed by atoms with Gasteiger partial charge >= 0.3 is 0 Å². The first-order chi connectivity index (χ1) is 18.1. The van der Waals surface area contributed by atoms with Crippen molar-refractivity contribution in [2.75, 3.05) is 7.11 Å². The molecule has 0 spiro atoms. The fraction of sp³-hybridized carbons (Fsp3) is 0.321. The number of nitrogens with one attached hydrogen (secondary N) is 1. The molecule has 0 saturated carbocycles. The summed E-state index contributed by atoms with van der Waals surface area (Å²) >= 11 is 0. The van der Waals surface area contributed by atoms with Crippen molar-refractivity contribution in [3.05, 3.63) is 83.8 Å². The second-order valence-corrected chi connectivity index (χ2v) is 10.0. The fourth-order valence-corrected chi connectivity index (χ4v) is 3.90. The predicted molar refractivity (Wildman–Crippen MR) is 141 cm³/mol. The highest BCUT2D eigenvalue weighted by Crippen LogP contribution is 2.26. The smallest absolute Gasteiger partial charge is 0.251 e. The van der Waals surface area contributed by atoms with Gasteiger partial charge in [0.05, 0.1) is 13.4 Å². The van der Waals surface area contributed by atoms with Gasteiger partial charge in [-0.2, -0.15) is 4.80 Å². The molecule has 0 unspecified atom stereocenters. The summed E-state index contributed by atoms with van der Waals surface area (Å²) in [5.41, 5.74) is 2.20. The number of amides is 2. The number of hydrogen-bond donors (Lipinski definition) is 1. The molecule has 4 aromatic rings. The molecule has 4 rings (SSSR count). The Morgan fingerprint density at radius 3 is 2.39 bits per heavy atom. The minimum atomic E-state index is -1.01. The number of rotatable bonds is 9. The van der Waals surface area contributed by atoms with Crippen LogP contribution < -0.4 is 10.1 Å². The fourth-order valence-electron chi connectivity index (χ4n) is 3.90. The summed E-state index contributed by atoms with van der Waals surface area (Å²) < 4.78 is 10.9. The number of methoxy groups -OCH3 is 1. The number of tetrazole rings is 1. The number of hydrogen-bond acceptors (Lipinski definition) is 7. The average Bonchev–Trinajstić information content (AvgIpc) is 3.56. The van der Waals surface area contributed by atoms with Gasteiger partial charge in [-0.15, -0.1) is 10.2 Å². The highest BCUT2D eigenvalue weighted by atomic mass is 16.5. The predicted octanol–water partition coefficient (Wildman–Crippen LogP) is 3.93. The van der Waals surface area contributed by atoms with Crippen LogP contribution in [0.25, 0.3) is 11.4 Å². The van der Waals surface area contributed by atoms with Gasteiger partial charge in [0.15, 0.2) is 6.04 Å². The Morgan fingerprint density at radius 2 is 1.79 bits per heavy atom. The lowest BCUT2D eigenvalue weighted by Crippen LogP contribution is -2.49. The normalized spacial score (nSPS) is 12.1. The van der Waals surface area contributed by atoms with Crippen LogP contribution in [0.5, 0.6) is 5.75 Å². The Labute approximate surface area is 221 Å². The third-order valence-corrected chi connectivity index (χ3v) is 5.74. The molecule has 0 aliphatic rings. The Kier molecular flexibility index (Phi) is 7.90. The first-order valence-electron chi connectivity index (χ1n) is 12.3. The lowest BCUT2D eigenvalue weighted by atomic mass is 10.1. The van der Waals surface area contributed by atoms with Gasteiger partial charge in [0, 0.05) is 17.6 Å². The average molecular weight is 517 g/mol. The number of aromatic nitrogens is 4.